The molecule has 6 rings (SSSR count). The summed E-state index contributed by atoms with van der Waals surface area (Å²) in [5, 5.41) is 0. The van der Waals surface area contributed by atoms with E-state index in [9.17, 15) is 4.79 Å². The summed E-state index contributed by atoms with van der Waals surface area (Å²) < 4.78 is 0. The summed E-state index contributed by atoms with van der Waals surface area (Å²) in [5.74, 6) is 0.0123. The lowest BCUT2D eigenvalue weighted by Crippen LogP contribution is -2.07. The zero-order chi connectivity index (χ0) is 25.7. The van der Waals surface area contributed by atoms with Gasteiger partial charge in [-0.15, -0.1) is 0 Å². The molecule has 0 fully saturated rings. The highest BCUT2D eigenvalue weighted by Crippen LogP contribution is 2.40. The summed E-state index contributed by atoms with van der Waals surface area (Å²) in [6, 6.07) is 53.1. The highest BCUT2D eigenvalue weighted by Gasteiger charge is 2.23. The highest BCUT2D eigenvalue weighted by molar-refractivity contribution is 6.18. The van der Waals surface area contributed by atoms with Gasteiger partial charge in [-0.2, -0.15) is 0 Å². The van der Waals surface area contributed by atoms with Gasteiger partial charge in [0.15, 0.2) is 5.78 Å². The van der Waals surface area contributed by atoms with Gasteiger partial charge in [0.2, 0.25) is 0 Å². The molecule has 0 amide bonds. The van der Waals surface area contributed by atoms with Crippen LogP contribution in [0, 0.1) is 0 Å². The second kappa shape index (κ2) is 10.5. The van der Waals surface area contributed by atoms with Gasteiger partial charge in [-0.25, -0.2) is 0 Å². The van der Waals surface area contributed by atoms with E-state index in [1.165, 1.54) is 0 Å². The van der Waals surface area contributed by atoms with Crippen molar-refractivity contribution in [3.8, 4) is 44.5 Å². The first-order valence-electron chi connectivity index (χ1n) is 12.8. The molecule has 0 bridgehead atoms. The number of carbonyl (C=O) groups excluding carboxylic acids is 1. The minimum absolute atomic E-state index is 0.0123. The van der Waals surface area contributed by atoms with Crippen molar-refractivity contribution in [3.63, 3.8) is 0 Å². The number of ketones is 1. The summed E-state index contributed by atoms with van der Waals surface area (Å²) in [4.78, 5) is 14.6. The van der Waals surface area contributed by atoms with Gasteiger partial charge >= 0.3 is 0 Å². The van der Waals surface area contributed by atoms with E-state index in [0.29, 0.717) is 11.1 Å². The number of carbonyl (C=O) groups is 1. The van der Waals surface area contributed by atoms with Crippen molar-refractivity contribution in [1.82, 2.24) is 0 Å². The fourth-order valence-electron chi connectivity index (χ4n) is 5.18. The summed E-state index contributed by atoms with van der Waals surface area (Å²) in [7, 11) is 0. The first-order valence-corrected chi connectivity index (χ1v) is 12.8. The fraction of sp³-hybridized carbons (Fsp3) is 0. The normalized spacial score (nSPS) is 10.7. The second-order valence-corrected chi connectivity index (χ2v) is 9.25. The molecule has 0 aliphatic heterocycles. The van der Waals surface area contributed by atoms with Crippen LogP contribution in [0.2, 0.25) is 0 Å². The molecule has 0 N–H and O–H groups in total. The molecule has 0 radical (unpaired) electrons. The van der Waals surface area contributed by atoms with Crippen LogP contribution in [-0.2, 0) is 0 Å². The Morgan fingerprint density at radius 3 is 0.974 bits per heavy atom. The van der Waals surface area contributed by atoms with Crippen molar-refractivity contribution in [2.45, 2.75) is 0 Å². The maximum Gasteiger partial charge on any atom is 0.194 e. The minimum atomic E-state index is 0.0123. The van der Waals surface area contributed by atoms with Gasteiger partial charge in [0.25, 0.3) is 0 Å². The quantitative estimate of drug-likeness (QED) is 0.214. The standard InChI is InChI=1S/C37H26O/c38-37(33-25-13-23-31(27-15-5-1-6-16-27)35(33)29-19-9-3-10-20-29)34-26-14-24-32(28-17-7-2-8-18-28)36(34)30-21-11-4-12-22-30/h1-26H. The molecule has 6 aromatic rings. The first-order chi connectivity index (χ1) is 18.8. The van der Waals surface area contributed by atoms with E-state index >= 15 is 0 Å². The molecule has 0 aromatic heterocycles. The van der Waals surface area contributed by atoms with E-state index in [-0.39, 0.29) is 5.78 Å². The lowest BCUT2D eigenvalue weighted by atomic mass is 9.84. The van der Waals surface area contributed by atoms with E-state index in [1.807, 2.05) is 97.1 Å². The predicted octanol–water partition coefficient (Wildman–Crippen LogP) is 9.59. The van der Waals surface area contributed by atoms with E-state index in [1.54, 1.807) is 0 Å². The largest absolute Gasteiger partial charge is 0.289 e. The van der Waals surface area contributed by atoms with Crippen molar-refractivity contribution in [2.24, 2.45) is 0 Å². The van der Waals surface area contributed by atoms with Crippen LogP contribution in [0.5, 0.6) is 0 Å². The van der Waals surface area contributed by atoms with Gasteiger partial charge in [0.05, 0.1) is 0 Å². The predicted molar refractivity (Wildman–Crippen MR) is 158 cm³/mol. The van der Waals surface area contributed by atoms with Gasteiger partial charge < -0.3 is 0 Å². The third kappa shape index (κ3) is 4.47. The molecule has 180 valence electrons. The molecular weight excluding hydrogens is 460 g/mol. The SMILES string of the molecule is O=C(c1cccc(-c2ccccc2)c1-c1ccccc1)c1cccc(-c2ccccc2)c1-c1ccccc1. The molecular formula is C37H26O. The molecule has 38 heavy (non-hydrogen) atoms. The third-order valence-corrected chi connectivity index (χ3v) is 6.91. The summed E-state index contributed by atoms with van der Waals surface area (Å²) in [6.45, 7) is 0. The number of hydrogen-bond donors (Lipinski definition) is 0. The van der Waals surface area contributed by atoms with Crippen LogP contribution in [0.4, 0.5) is 0 Å². The third-order valence-electron chi connectivity index (χ3n) is 6.91. The molecule has 0 atom stereocenters. The van der Waals surface area contributed by atoms with Crippen molar-refractivity contribution >= 4 is 5.78 Å². The van der Waals surface area contributed by atoms with Gasteiger partial charge in [-0.05, 0) is 33.4 Å². The molecule has 1 heteroatoms. The van der Waals surface area contributed by atoms with Crippen molar-refractivity contribution in [3.05, 3.63) is 169 Å². The maximum absolute atomic E-state index is 14.6. The molecule has 0 saturated carbocycles. The lowest BCUT2D eigenvalue weighted by Gasteiger charge is -2.18. The Labute approximate surface area is 223 Å². The Bertz CT molecular complexity index is 1560. The van der Waals surface area contributed by atoms with Crippen LogP contribution in [0.3, 0.4) is 0 Å². The van der Waals surface area contributed by atoms with Crippen LogP contribution >= 0.6 is 0 Å². The number of hydrogen-bond acceptors (Lipinski definition) is 1. The average molecular weight is 487 g/mol. The maximum atomic E-state index is 14.6. The Balaban J connectivity index is 1.61. The number of benzene rings is 6. The Morgan fingerprint density at radius 1 is 0.316 bits per heavy atom. The van der Waals surface area contributed by atoms with Crippen LogP contribution < -0.4 is 0 Å². The molecule has 0 aliphatic carbocycles. The zero-order valence-corrected chi connectivity index (χ0v) is 20.9. The Hall–Kier alpha value is -5.01. The molecule has 1 nitrogen and oxygen atoms in total. The molecule has 0 heterocycles. The van der Waals surface area contributed by atoms with Crippen molar-refractivity contribution in [1.29, 1.82) is 0 Å². The molecule has 0 aliphatic rings. The van der Waals surface area contributed by atoms with E-state index in [0.717, 1.165) is 44.5 Å². The highest BCUT2D eigenvalue weighted by atomic mass is 16.1. The van der Waals surface area contributed by atoms with Gasteiger partial charge in [-0.1, -0.05) is 158 Å². The van der Waals surface area contributed by atoms with E-state index in [2.05, 4.69) is 60.7 Å². The molecule has 0 spiro atoms. The molecule has 6 aromatic carbocycles. The smallest absolute Gasteiger partial charge is 0.194 e. The first kappa shape index (κ1) is 23.4. The van der Waals surface area contributed by atoms with Crippen LogP contribution in [0.1, 0.15) is 15.9 Å². The summed E-state index contributed by atoms with van der Waals surface area (Å²) in [6.07, 6.45) is 0. The van der Waals surface area contributed by atoms with E-state index < -0.39 is 0 Å². The Morgan fingerprint density at radius 2 is 0.632 bits per heavy atom. The molecule has 0 saturated heterocycles. The summed E-state index contributed by atoms with van der Waals surface area (Å²) in [5.41, 5.74) is 9.60. The van der Waals surface area contributed by atoms with Gasteiger partial charge in [0, 0.05) is 22.3 Å². The topological polar surface area (TPSA) is 17.1 Å². The second-order valence-electron chi connectivity index (χ2n) is 9.25. The minimum Gasteiger partial charge on any atom is -0.289 e. The van der Waals surface area contributed by atoms with Crippen LogP contribution in [0.15, 0.2) is 158 Å². The van der Waals surface area contributed by atoms with Crippen molar-refractivity contribution in [2.75, 3.05) is 0 Å². The van der Waals surface area contributed by atoms with Crippen LogP contribution in [-0.4, -0.2) is 5.78 Å². The van der Waals surface area contributed by atoms with Crippen molar-refractivity contribution < 1.29 is 4.79 Å². The van der Waals surface area contributed by atoms with Gasteiger partial charge in [-0.3, -0.25) is 4.79 Å². The Kier molecular flexibility index (Phi) is 6.49. The van der Waals surface area contributed by atoms with Gasteiger partial charge in [0.1, 0.15) is 0 Å². The fourth-order valence-corrected chi connectivity index (χ4v) is 5.18. The number of rotatable bonds is 6. The zero-order valence-electron chi connectivity index (χ0n) is 20.9. The monoisotopic (exact) mass is 486 g/mol. The average Bonchev–Trinajstić information content (AvgIpc) is 3.01. The van der Waals surface area contributed by atoms with Crippen LogP contribution in [0.25, 0.3) is 44.5 Å². The molecule has 0 unspecified atom stereocenters. The lowest BCUT2D eigenvalue weighted by molar-refractivity contribution is 0.104. The summed E-state index contributed by atoms with van der Waals surface area (Å²) >= 11 is 0. The van der Waals surface area contributed by atoms with E-state index in [4.69, 9.17) is 0 Å².